The van der Waals surface area contributed by atoms with E-state index in [4.69, 9.17) is 0 Å². The Labute approximate surface area is 90.7 Å². The minimum atomic E-state index is 0.0607. The zero-order valence-corrected chi connectivity index (χ0v) is 9.12. The van der Waals surface area contributed by atoms with E-state index >= 15 is 0 Å². The van der Waals surface area contributed by atoms with E-state index < -0.39 is 0 Å². The number of rotatable bonds is 3. The van der Waals surface area contributed by atoms with Crippen LogP contribution in [0.15, 0.2) is 24.3 Å². The third-order valence-corrected chi connectivity index (χ3v) is 3.06. The summed E-state index contributed by atoms with van der Waals surface area (Å²) >= 11 is 0. The fourth-order valence-corrected chi connectivity index (χ4v) is 1.82. The highest BCUT2D eigenvalue weighted by atomic mass is 16.1. The molecule has 1 fully saturated rings. The summed E-state index contributed by atoms with van der Waals surface area (Å²) in [7, 11) is 0. The highest BCUT2D eigenvalue weighted by Crippen LogP contribution is 2.25. The Bertz CT molecular complexity index is 355. The molecule has 2 nitrogen and oxygen atoms in total. The van der Waals surface area contributed by atoms with Gasteiger partial charge in [-0.15, -0.1) is 0 Å². The quantitative estimate of drug-likeness (QED) is 0.803. The molecule has 0 aromatic heterocycles. The van der Waals surface area contributed by atoms with Crippen LogP contribution in [0.3, 0.4) is 0 Å². The Morgan fingerprint density at radius 2 is 2.27 bits per heavy atom. The Morgan fingerprint density at radius 3 is 2.87 bits per heavy atom. The SMILES string of the molecule is Cc1cccc(C(=O)NCC2CCC2)c1. The zero-order valence-electron chi connectivity index (χ0n) is 9.12. The lowest BCUT2D eigenvalue weighted by Gasteiger charge is -2.25. The van der Waals surface area contributed by atoms with Crippen molar-refractivity contribution in [2.45, 2.75) is 26.2 Å². The number of carbonyl (C=O) groups excluding carboxylic acids is 1. The number of benzene rings is 1. The van der Waals surface area contributed by atoms with Gasteiger partial charge in [-0.3, -0.25) is 4.79 Å². The lowest BCUT2D eigenvalue weighted by Crippen LogP contribution is -2.32. The first-order valence-corrected chi connectivity index (χ1v) is 5.60. The number of nitrogens with one attached hydrogen (secondary N) is 1. The topological polar surface area (TPSA) is 29.1 Å². The standard InChI is InChI=1S/C13H17NO/c1-10-4-2-7-12(8-10)13(15)14-9-11-5-3-6-11/h2,4,7-8,11H,3,5-6,9H2,1H3,(H,14,15). The predicted molar refractivity (Wildman–Crippen MR) is 60.9 cm³/mol. The lowest BCUT2D eigenvalue weighted by atomic mass is 9.85. The van der Waals surface area contributed by atoms with E-state index in [-0.39, 0.29) is 5.91 Å². The molecule has 2 heteroatoms. The van der Waals surface area contributed by atoms with Crippen LogP contribution in [-0.2, 0) is 0 Å². The Balaban J connectivity index is 1.89. The molecule has 0 bridgehead atoms. The summed E-state index contributed by atoms with van der Waals surface area (Å²) in [5.41, 5.74) is 1.90. The molecule has 1 aromatic carbocycles. The van der Waals surface area contributed by atoms with Crippen molar-refractivity contribution in [3.8, 4) is 0 Å². The third-order valence-electron chi connectivity index (χ3n) is 3.06. The van der Waals surface area contributed by atoms with Crippen LogP contribution in [0.5, 0.6) is 0 Å². The average molecular weight is 203 g/mol. The Hall–Kier alpha value is -1.31. The summed E-state index contributed by atoms with van der Waals surface area (Å²) in [6.45, 7) is 2.84. The van der Waals surface area contributed by atoms with Gasteiger partial charge < -0.3 is 5.32 Å². The first-order chi connectivity index (χ1) is 7.25. The molecule has 0 aliphatic heterocycles. The number of aryl methyl sites for hydroxylation is 1. The van der Waals surface area contributed by atoms with Crippen molar-refractivity contribution in [1.29, 1.82) is 0 Å². The largest absolute Gasteiger partial charge is 0.352 e. The summed E-state index contributed by atoms with van der Waals surface area (Å²) in [6.07, 6.45) is 3.87. The van der Waals surface area contributed by atoms with E-state index in [1.807, 2.05) is 31.2 Å². The van der Waals surface area contributed by atoms with Gasteiger partial charge >= 0.3 is 0 Å². The molecule has 1 aliphatic rings. The number of hydrogen-bond acceptors (Lipinski definition) is 1. The number of hydrogen-bond donors (Lipinski definition) is 1. The molecule has 0 atom stereocenters. The molecule has 0 heterocycles. The van der Waals surface area contributed by atoms with Crippen molar-refractivity contribution >= 4 is 5.91 Å². The van der Waals surface area contributed by atoms with Gasteiger partial charge in [-0.25, -0.2) is 0 Å². The van der Waals surface area contributed by atoms with Crippen LogP contribution in [0.4, 0.5) is 0 Å². The second kappa shape index (κ2) is 4.47. The zero-order chi connectivity index (χ0) is 10.7. The minimum absolute atomic E-state index is 0.0607. The van der Waals surface area contributed by atoms with Crippen LogP contribution in [0.25, 0.3) is 0 Å². The van der Waals surface area contributed by atoms with Gasteiger partial charge in [0.2, 0.25) is 0 Å². The van der Waals surface area contributed by atoms with Crippen molar-refractivity contribution < 1.29 is 4.79 Å². The van der Waals surface area contributed by atoms with Crippen LogP contribution < -0.4 is 5.32 Å². The van der Waals surface area contributed by atoms with Gasteiger partial charge in [-0.2, -0.15) is 0 Å². The van der Waals surface area contributed by atoms with E-state index in [1.54, 1.807) is 0 Å². The fourth-order valence-electron chi connectivity index (χ4n) is 1.82. The van der Waals surface area contributed by atoms with Crippen molar-refractivity contribution in [3.05, 3.63) is 35.4 Å². The van der Waals surface area contributed by atoms with E-state index in [9.17, 15) is 4.79 Å². The third kappa shape index (κ3) is 2.58. The van der Waals surface area contributed by atoms with Crippen molar-refractivity contribution in [1.82, 2.24) is 5.32 Å². The first kappa shape index (κ1) is 10.2. The average Bonchev–Trinajstić information content (AvgIpc) is 2.15. The van der Waals surface area contributed by atoms with Crippen molar-refractivity contribution in [2.24, 2.45) is 5.92 Å². The van der Waals surface area contributed by atoms with Gasteiger partial charge in [0, 0.05) is 12.1 Å². The monoisotopic (exact) mass is 203 g/mol. The number of carbonyl (C=O) groups is 1. The molecule has 0 saturated heterocycles. The van der Waals surface area contributed by atoms with Gasteiger partial charge in [0.1, 0.15) is 0 Å². The van der Waals surface area contributed by atoms with E-state index in [2.05, 4.69) is 5.32 Å². The molecule has 1 N–H and O–H groups in total. The molecule has 2 rings (SSSR count). The van der Waals surface area contributed by atoms with Gasteiger partial charge in [-0.05, 0) is 37.8 Å². The van der Waals surface area contributed by atoms with Crippen LogP contribution in [0.1, 0.15) is 35.2 Å². The molecule has 0 unspecified atom stereocenters. The van der Waals surface area contributed by atoms with Gasteiger partial charge in [0.25, 0.3) is 5.91 Å². The molecular weight excluding hydrogens is 186 g/mol. The summed E-state index contributed by atoms with van der Waals surface area (Å²) in [4.78, 5) is 11.7. The predicted octanol–water partition coefficient (Wildman–Crippen LogP) is 2.52. The molecule has 1 aromatic rings. The lowest BCUT2D eigenvalue weighted by molar-refractivity contribution is 0.0939. The highest BCUT2D eigenvalue weighted by molar-refractivity contribution is 5.94. The molecule has 15 heavy (non-hydrogen) atoms. The Morgan fingerprint density at radius 1 is 1.47 bits per heavy atom. The van der Waals surface area contributed by atoms with Gasteiger partial charge in [0.15, 0.2) is 0 Å². The maximum absolute atomic E-state index is 11.7. The highest BCUT2D eigenvalue weighted by Gasteiger charge is 2.18. The van der Waals surface area contributed by atoms with Crippen molar-refractivity contribution in [2.75, 3.05) is 6.54 Å². The molecule has 80 valence electrons. The van der Waals surface area contributed by atoms with E-state index in [0.717, 1.165) is 23.6 Å². The van der Waals surface area contributed by atoms with Crippen LogP contribution in [0.2, 0.25) is 0 Å². The van der Waals surface area contributed by atoms with Crippen molar-refractivity contribution in [3.63, 3.8) is 0 Å². The molecule has 0 spiro atoms. The molecule has 1 amide bonds. The Kier molecular flexibility index (Phi) is 3.05. The van der Waals surface area contributed by atoms with Crippen LogP contribution in [0, 0.1) is 12.8 Å². The normalized spacial score (nSPS) is 15.8. The maximum atomic E-state index is 11.7. The minimum Gasteiger partial charge on any atom is -0.352 e. The molecular formula is C13H17NO. The fraction of sp³-hybridized carbons (Fsp3) is 0.462. The van der Waals surface area contributed by atoms with E-state index in [1.165, 1.54) is 19.3 Å². The van der Waals surface area contributed by atoms with Crippen LogP contribution in [-0.4, -0.2) is 12.5 Å². The smallest absolute Gasteiger partial charge is 0.251 e. The maximum Gasteiger partial charge on any atom is 0.251 e. The summed E-state index contributed by atoms with van der Waals surface area (Å²) in [5, 5.41) is 2.99. The van der Waals surface area contributed by atoms with E-state index in [0.29, 0.717) is 0 Å². The summed E-state index contributed by atoms with van der Waals surface area (Å²) in [6, 6.07) is 7.72. The van der Waals surface area contributed by atoms with Gasteiger partial charge in [-0.1, -0.05) is 24.1 Å². The molecule has 1 aliphatic carbocycles. The van der Waals surface area contributed by atoms with Crippen LogP contribution >= 0.6 is 0 Å². The molecule has 1 saturated carbocycles. The molecule has 0 radical (unpaired) electrons. The first-order valence-electron chi connectivity index (χ1n) is 5.60. The number of amides is 1. The second-order valence-corrected chi connectivity index (χ2v) is 4.38. The summed E-state index contributed by atoms with van der Waals surface area (Å²) < 4.78 is 0. The summed E-state index contributed by atoms with van der Waals surface area (Å²) in [5.74, 6) is 0.782. The van der Waals surface area contributed by atoms with Gasteiger partial charge in [0.05, 0.1) is 0 Å². The second-order valence-electron chi connectivity index (χ2n) is 4.38.